The molecule has 3 rings (SSSR count). The largest absolute Gasteiger partial charge is 0.512 e. The van der Waals surface area contributed by atoms with Crippen LogP contribution in [-0.4, -0.2) is 23.3 Å². The Kier molecular flexibility index (Phi) is 3.12. The maximum absolute atomic E-state index is 9.12. The van der Waals surface area contributed by atoms with E-state index in [0.717, 1.165) is 22.1 Å². The monoisotopic (exact) mass is 282 g/mol. The molecule has 0 aliphatic carbocycles. The second-order valence-electron chi connectivity index (χ2n) is 6.49. The summed E-state index contributed by atoms with van der Waals surface area (Å²) in [5.74, 6) is 0. The maximum atomic E-state index is 9.12. The molecule has 1 aliphatic rings. The number of hydrogen-bond donors (Lipinski definition) is 1. The predicted octanol–water partition coefficient (Wildman–Crippen LogP) is 2.53. The lowest BCUT2D eigenvalue weighted by molar-refractivity contribution is 0.00578. The zero-order chi connectivity index (χ0) is 15.3. The summed E-state index contributed by atoms with van der Waals surface area (Å²) in [6, 6.07) is 10.2. The van der Waals surface area contributed by atoms with Crippen molar-refractivity contribution in [2.45, 2.75) is 45.3 Å². The molecule has 2 aromatic rings. The highest BCUT2D eigenvalue weighted by Crippen LogP contribution is 2.37. The summed E-state index contributed by atoms with van der Waals surface area (Å²) in [5.41, 5.74) is 2.05. The third-order valence-electron chi connectivity index (χ3n) is 4.59. The average molecular weight is 282 g/mol. The van der Waals surface area contributed by atoms with Gasteiger partial charge in [0.2, 0.25) is 0 Å². The van der Waals surface area contributed by atoms with E-state index in [-0.39, 0.29) is 0 Å². The zero-order valence-corrected chi connectivity index (χ0v) is 12.9. The minimum absolute atomic E-state index is 0.337. The van der Waals surface area contributed by atoms with Crippen LogP contribution in [0.2, 0.25) is 0 Å². The number of fused-ring (bicyclic) bond motifs is 1. The van der Waals surface area contributed by atoms with Crippen LogP contribution in [0, 0.1) is 11.3 Å². The van der Waals surface area contributed by atoms with Crippen LogP contribution in [-0.2, 0) is 15.7 Å². The molecule has 5 heteroatoms. The van der Waals surface area contributed by atoms with E-state index in [1.54, 1.807) is 0 Å². The third kappa shape index (κ3) is 2.15. The van der Waals surface area contributed by atoms with Crippen LogP contribution >= 0.6 is 0 Å². The summed E-state index contributed by atoms with van der Waals surface area (Å²) in [4.78, 5) is 3.37. The third-order valence-corrected chi connectivity index (χ3v) is 4.59. The van der Waals surface area contributed by atoms with Gasteiger partial charge in [0.05, 0.1) is 29.3 Å². The maximum Gasteiger partial charge on any atom is 0.512 e. The Morgan fingerprint density at radius 3 is 2.38 bits per heavy atom. The van der Waals surface area contributed by atoms with Crippen molar-refractivity contribution in [3.8, 4) is 6.07 Å². The Morgan fingerprint density at radius 2 is 1.76 bits per heavy atom. The van der Waals surface area contributed by atoms with Crippen LogP contribution in [0.1, 0.15) is 33.3 Å². The SMILES string of the molecule is CC1(C)OB(c2[nH]c3ccccc3c2CC#N)OC1(C)C. The molecule has 1 fully saturated rings. The summed E-state index contributed by atoms with van der Waals surface area (Å²) in [7, 11) is -0.467. The van der Waals surface area contributed by atoms with Crippen LogP contribution in [0.15, 0.2) is 24.3 Å². The Hall–Kier alpha value is -1.77. The summed E-state index contributed by atoms with van der Waals surface area (Å²) in [6.45, 7) is 8.11. The number of benzene rings is 1. The first-order valence-electron chi connectivity index (χ1n) is 7.18. The second-order valence-corrected chi connectivity index (χ2v) is 6.49. The molecular weight excluding hydrogens is 263 g/mol. The first-order chi connectivity index (χ1) is 9.86. The van der Waals surface area contributed by atoms with Gasteiger partial charge in [-0.1, -0.05) is 18.2 Å². The Balaban J connectivity index is 2.10. The van der Waals surface area contributed by atoms with E-state index < -0.39 is 18.3 Å². The van der Waals surface area contributed by atoms with Crippen molar-refractivity contribution in [1.29, 1.82) is 5.26 Å². The van der Waals surface area contributed by atoms with Gasteiger partial charge >= 0.3 is 7.12 Å². The Bertz CT molecular complexity index is 711. The fourth-order valence-electron chi connectivity index (χ4n) is 2.65. The van der Waals surface area contributed by atoms with E-state index in [0.29, 0.717) is 6.42 Å². The minimum atomic E-state index is -0.467. The van der Waals surface area contributed by atoms with Crippen LogP contribution in [0.3, 0.4) is 0 Å². The molecule has 1 aromatic carbocycles. The highest BCUT2D eigenvalue weighted by Gasteiger charge is 2.52. The summed E-state index contributed by atoms with van der Waals surface area (Å²) in [5, 5.41) is 10.2. The van der Waals surface area contributed by atoms with Gasteiger partial charge in [-0.25, -0.2) is 0 Å². The van der Waals surface area contributed by atoms with Crippen molar-refractivity contribution in [2.75, 3.05) is 0 Å². The number of para-hydroxylation sites is 1. The first-order valence-corrected chi connectivity index (χ1v) is 7.18. The van der Waals surface area contributed by atoms with Gasteiger partial charge in [0.15, 0.2) is 0 Å². The second kappa shape index (κ2) is 4.62. The van der Waals surface area contributed by atoms with Gasteiger partial charge < -0.3 is 14.3 Å². The van der Waals surface area contributed by atoms with Gasteiger partial charge in [0.25, 0.3) is 0 Å². The van der Waals surface area contributed by atoms with Gasteiger partial charge in [-0.05, 0) is 39.3 Å². The van der Waals surface area contributed by atoms with Gasteiger partial charge in [-0.15, -0.1) is 0 Å². The summed E-state index contributed by atoms with van der Waals surface area (Å²) >= 11 is 0. The van der Waals surface area contributed by atoms with E-state index in [1.165, 1.54) is 0 Å². The highest BCUT2D eigenvalue weighted by molar-refractivity contribution is 6.62. The average Bonchev–Trinajstić information content (AvgIpc) is 2.86. The molecule has 0 unspecified atom stereocenters. The van der Waals surface area contributed by atoms with Crippen LogP contribution in [0.25, 0.3) is 10.9 Å². The molecular formula is C16H19BN2O2. The van der Waals surface area contributed by atoms with Crippen molar-refractivity contribution in [3.63, 3.8) is 0 Å². The van der Waals surface area contributed by atoms with Crippen LogP contribution in [0.5, 0.6) is 0 Å². The van der Waals surface area contributed by atoms with E-state index >= 15 is 0 Å². The molecule has 1 N–H and O–H groups in total. The number of H-pyrrole nitrogens is 1. The van der Waals surface area contributed by atoms with Crippen molar-refractivity contribution < 1.29 is 9.31 Å². The van der Waals surface area contributed by atoms with Crippen molar-refractivity contribution in [3.05, 3.63) is 29.8 Å². The Labute approximate surface area is 125 Å². The lowest BCUT2D eigenvalue weighted by Crippen LogP contribution is -2.41. The lowest BCUT2D eigenvalue weighted by atomic mass is 9.81. The minimum Gasteiger partial charge on any atom is -0.398 e. The molecule has 1 aromatic heterocycles. The smallest absolute Gasteiger partial charge is 0.398 e. The van der Waals surface area contributed by atoms with Gasteiger partial charge in [0.1, 0.15) is 0 Å². The predicted molar refractivity (Wildman–Crippen MR) is 83.3 cm³/mol. The molecule has 0 atom stereocenters. The molecule has 0 amide bonds. The molecule has 0 saturated carbocycles. The number of aromatic nitrogens is 1. The van der Waals surface area contributed by atoms with Gasteiger partial charge in [-0.2, -0.15) is 5.26 Å². The standard InChI is InChI=1S/C16H19BN2O2/c1-15(2)16(3,4)21-17(20-15)14-12(9-10-18)11-7-5-6-8-13(11)19-14/h5-8,19H,9H2,1-4H3. The number of nitrogens with zero attached hydrogens (tertiary/aromatic N) is 1. The first kappa shape index (κ1) is 14.2. The Morgan fingerprint density at radius 1 is 1.14 bits per heavy atom. The van der Waals surface area contributed by atoms with E-state index in [4.69, 9.17) is 14.6 Å². The van der Waals surface area contributed by atoms with Crippen LogP contribution < -0.4 is 5.59 Å². The quantitative estimate of drug-likeness (QED) is 0.861. The number of hydrogen-bond acceptors (Lipinski definition) is 3. The molecule has 4 nitrogen and oxygen atoms in total. The van der Waals surface area contributed by atoms with Crippen molar-refractivity contribution >= 4 is 23.6 Å². The zero-order valence-electron chi connectivity index (χ0n) is 12.9. The molecule has 108 valence electrons. The van der Waals surface area contributed by atoms with Crippen LogP contribution in [0.4, 0.5) is 0 Å². The summed E-state index contributed by atoms with van der Waals surface area (Å²) in [6.07, 6.45) is 0.337. The molecule has 0 bridgehead atoms. The normalized spacial score (nSPS) is 19.9. The number of aromatic amines is 1. The molecule has 0 radical (unpaired) electrons. The molecule has 1 saturated heterocycles. The van der Waals surface area contributed by atoms with Crippen molar-refractivity contribution in [1.82, 2.24) is 4.98 Å². The summed E-state index contributed by atoms with van der Waals surface area (Å²) < 4.78 is 12.2. The van der Waals surface area contributed by atoms with Gasteiger partial charge in [-0.3, -0.25) is 0 Å². The fourth-order valence-corrected chi connectivity index (χ4v) is 2.65. The van der Waals surface area contributed by atoms with E-state index in [9.17, 15) is 0 Å². The molecule has 0 spiro atoms. The van der Waals surface area contributed by atoms with E-state index in [1.807, 2.05) is 52.0 Å². The van der Waals surface area contributed by atoms with Crippen molar-refractivity contribution in [2.24, 2.45) is 0 Å². The number of nitriles is 1. The number of nitrogens with one attached hydrogen (secondary N) is 1. The molecule has 21 heavy (non-hydrogen) atoms. The van der Waals surface area contributed by atoms with Gasteiger partial charge in [0, 0.05) is 10.9 Å². The highest BCUT2D eigenvalue weighted by atomic mass is 16.7. The molecule has 1 aliphatic heterocycles. The molecule has 2 heterocycles. The lowest BCUT2D eigenvalue weighted by Gasteiger charge is -2.32. The number of rotatable bonds is 2. The fraction of sp³-hybridized carbons (Fsp3) is 0.438. The van der Waals surface area contributed by atoms with E-state index in [2.05, 4.69) is 11.1 Å². The topological polar surface area (TPSA) is 58.0 Å².